The monoisotopic (exact) mass is 389 g/mol. The van der Waals surface area contributed by atoms with E-state index in [4.69, 9.17) is 12.2 Å². The van der Waals surface area contributed by atoms with Crippen molar-refractivity contribution in [2.45, 2.75) is 45.6 Å². The maximum atomic E-state index is 12.9. The maximum absolute atomic E-state index is 12.9. The Kier molecular flexibility index (Phi) is 6.44. The first-order valence-electron chi connectivity index (χ1n) is 9.95. The van der Waals surface area contributed by atoms with Gasteiger partial charge in [-0.2, -0.15) is 0 Å². The number of fused-ring (bicyclic) bond motifs is 1. The van der Waals surface area contributed by atoms with E-state index in [0.29, 0.717) is 27.8 Å². The van der Waals surface area contributed by atoms with E-state index >= 15 is 0 Å². The SMILES string of the molecule is CC[NH+](CC)CCNC(=O)c1ccc2c(=O)n(C3CCCC3)c(=S)[nH]c2c1. The van der Waals surface area contributed by atoms with Gasteiger partial charge < -0.3 is 15.2 Å². The Bertz CT molecular complexity index is 924. The predicted octanol–water partition coefficient (Wildman–Crippen LogP) is 1.83. The fraction of sp³-hybridized carbons (Fsp3) is 0.550. The third-order valence-corrected chi connectivity index (χ3v) is 5.94. The molecule has 27 heavy (non-hydrogen) atoms. The number of H-pyrrole nitrogens is 1. The van der Waals surface area contributed by atoms with Crippen LogP contribution >= 0.6 is 12.2 Å². The third kappa shape index (κ3) is 4.30. The Morgan fingerprint density at radius 3 is 2.67 bits per heavy atom. The van der Waals surface area contributed by atoms with Gasteiger partial charge in [-0.3, -0.25) is 14.2 Å². The molecule has 146 valence electrons. The van der Waals surface area contributed by atoms with Gasteiger partial charge in [-0.25, -0.2) is 0 Å². The Balaban J connectivity index is 1.81. The van der Waals surface area contributed by atoms with E-state index in [-0.39, 0.29) is 17.5 Å². The molecule has 3 rings (SSSR count). The summed E-state index contributed by atoms with van der Waals surface area (Å²) in [6.07, 6.45) is 4.27. The standard InChI is InChI=1S/C20H28N4O2S/c1-3-23(4-2)12-11-21-18(25)14-9-10-16-17(13-14)22-20(27)24(19(16)26)15-7-5-6-8-15/h9-10,13,15H,3-8,11-12H2,1-2H3,(H,21,25)(H,22,27)/p+1. The minimum absolute atomic E-state index is 0.0576. The third-order valence-electron chi connectivity index (χ3n) is 5.65. The van der Waals surface area contributed by atoms with Crippen LogP contribution in [0.25, 0.3) is 10.9 Å². The number of likely N-dealkylation sites (N-methyl/N-ethyl adjacent to an activating group) is 1. The number of benzene rings is 1. The lowest BCUT2D eigenvalue weighted by Crippen LogP contribution is -3.12. The number of carbonyl (C=O) groups excluding carboxylic acids is 1. The van der Waals surface area contributed by atoms with E-state index in [0.717, 1.165) is 45.3 Å². The topological polar surface area (TPSA) is 71.3 Å². The summed E-state index contributed by atoms with van der Waals surface area (Å²) in [4.78, 5) is 30.0. The molecule has 1 heterocycles. The van der Waals surface area contributed by atoms with Gasteiger partial charge >= 0.3 is 0 Å². The van der Waals surface area contributed by atoms with Crippen LogP contribution in [0, 0.1) is 4.77 Å². The van der Waals surface area contributed by atoms with Crippen LogP contribution in [-0.4, -0.2) is 41.6 Å². The van der Waals surface area contributed by atoms with Crippen LogP contribution in [0.5, 0.6) is 0 Å². The van der Waals surface area contributed by atoms with Gasteiger partial charge in [0.15, 0.2) is 4.77 Å². The maximum Gasteiger partial charge on any atom is 0.262 e. The van der Waals surface area contributed by atoms with Crippen LogP contribution < -0.4 is 15.8 Å². The minimum atomic E-state index is -0.122. The molecule has 1 aliphatic carbocycles. The molecule has 0 radical (unpaired) electrons. The lowest BCUT2D eigenvalue weighted by Gasteiger charge is -2.16. The molecule has 0 aliphatic heterocycles. The molecule has 1 aromatic carbocycles. The molecule has 7 heteroatoms. The van der Waals surface area contributed by atoms with Crippen molar-refractivity contribution in [3.05, 3.63) is 38.9 Å². The number of nitrogens with one attached hydrogen (secondary N) is 3. The van der Waals surface area contributed by atoms with E-state index in [1.807, 2.05) is 0 Å². The number of amides is 1. The summed E-state index contributed by atoms with van der Waals surface area (Å²) >= 11 is 5.44. The van der Waals surface area contributed by atoms with E-state index in [2.05, 4.69) is 24.1 Å². The number of nitrogens with zero attached hydrogens (tertiary/aromatic N) is 1. The average molecular weight is 390 g/mol. The van der Waals surface area contributed by atoms with Gasteiger partial charge in [0.2, 0.25) is 0 Å². The number of aromatic nitrogens is 2. The number of aromatic amines is 1. The van der Waals surface area contributed by atoms with Crippen molar-refractivity contribution in [1.82, 2.24) is 14.9 Å². The number of rotatable bonds is 7. The van der Waals surface area contributed by atoms with Crippen LogP contribution in [0.2, 0.25) is 0 Å². The van der Waals surface area contributed by atoms with Crippen LogP contribution in [0.4, 0.5) is 0 Å². The van der Waals surface area contributed by atoms with Crippen molar-refractivity contribution in [1.29, 1.82) is 0 Å². The molecule has 0 bridgehead atoms. The van der Waals surface area contributed by atoms with Crippen molar-refractivity contribution in [3.8, 4) is 0 Å². The Morgan fingerprint density at radius 1 is 1.30 bits per heavy atom. The summed E-state index contributed by atoms with van der Waals surface area (Å²) in [5.74, 6) is -0.122. The lowest BCUT2D eigenvalue weighted by molar-refractivity contribution is -0.895. The summed E-state index contributed by atoms with van der Waals surface area (Å²) in [6, 6.07) is 5.37. The highest BCUT2D eigenvalue weighted by Crippen LogP contribution is 2.28. The van der Waals surface area contributed by atoms with Gasteiger partial charge in [0, 0.05) is 11.6 Å². The largest absolute Gasteiger partial charge is 0.346 e. The Labute approximate surface area is 164 Å². The first-order chi connectivity index (χ1) is 13.0. The fourth-order valence-corrected chi connectivity index (χ4v) is 4.27. The number of hydrogen-bond donors (Lipinski definition) is 3. The smallest absolute Gasteiger partial charge is 0.262 e. The van der Waals surface area contributed by atoms with Crippen LogP contribution in [0.15, 0.2) is 23.0 Å². The Hall–Kier alpha value is -1.99. The van der Waals surface area contributed by atoms with E-state index < -0.39 is 0 Å². The second-order valence-electron chi connectivity index (χ2n) is 7.27. The van der Waals surface area contributed by atoms with Crippen molar-refractivity contribution in [3.63, 3.8) is 0 Å². The van der Waals surface area contributed by atoms with Gasteiger partial charge in [-0.05, 0) is 57.1 Å². The molecular weight excluding hydrogens is 360 g/mol. The summed E-state index contributed by atoms with van der Waals surface area (Å²) in [5.41, 5.74) is 1.11. The molecule has 0 spiro atoms. The van der Waals surface area contributed by atoms with Crippen molar-refractivity contribution in [2.75, 3.05) is 26.2 Å². The van der Waals surface area contributed by atoms with Gasteiger partial charge in [0.25, 0.3) is 11.5 Å². The molecule has 0 unspecified atom stereocenters. The molecule has 6 nitrogen and oxygen atoms in total. The molecule has 2 aromatic rings. The molecule has 1 aromatic heterocycles. The summed E-state index contributed by atoms with van der Waals surface area (Å²) in [5, 5.41) is 3.55. The molecule has 0 atom stereocenters. The summed E-state index contributed by atoms with van der Waals surface area (Å²) in [6.45, 7) is 7.92. The van der Waals surface area contributed by atoms with Gasteiger partial charge in [0.05, 0.1) is 37.1 Å². The Morgan fingerprint density at radius 2 is 2.00 bits per heavy atom. The molecular formula is C20H29N4O2S+. The minimum Gasteiger partial charge on any atom is -0.346 e. The van der Waals surface area contributed by atoms with Crippen LogP contribution in [0.1, 0.15) is 55.9 Å². The van der Waals surface area contributed by atoms with Gasteiger partial charge in [-0.1, -0.05) is 12.8 Å². The lowest BCUT2D eigenvalue weighted by atomic mass is 10.1. The summed E-state index contributed by atoms with van der Waals surface area (Å²) < 4.78 is 2.17. The first kappa shape index (κ1) is 19.8. The van der Waals surface area contributed by atoms with Gasteiger partial charge in [0.1, 0.15) is 0 Å². The number of hydrogen-bond acceptors (Lipinski definition) is 3. The van der Waals surface area contributed by atoms with Crippen molar-refractivity contribution < 1.29 is 9.69 Å². The number of quaternary nitrogens is 1. The van der Waals surface area contributed by atoms with E-state index in [1.54, 1.807) is 22.8 Å². The number of carbonyl (C=O) groups is 1. The average Bonchev–Trinajstić information content (AvgIpc) is 3.19. The molecule has 1 saturated carbocycles. The molecule has 1 amide bonds. The zero-order valence-corrected chi connectivity index (χ0v) is 17.0. The normalized spacial score (nSPS) is 14.9. The molecule has 1 fully saturated rings. The molecule has 1 aliphatic rings. The van der Waals surface area contributed by atoms with Gasteiger partial charge in [-0.15, -0.1) is 0 Å². The fourth-order valence-electron chi connectivity index (χ4n) is 3.93. The second-order valence-corrected chi connectivity index (χ2v) is 7.65. The highest BCUT2D eigenvalue weighted by Gasteiger charge is 2.20. The second kappa shape index (κ2) is 8.80. The zero-order valence-electron chi connectivity index (χ0n) is 16.1. The van der Waals surface area contributed by atoms with Crippen LogP contribution in [-0.2, 0) is 0 Å². The van der Waals surface area contributed by atoms with Crippen molar-refractivity contribution in [2.24, 2.45) is 0 Å². The van der Waals surface area contributed by atoms with Crippen LogP contribution in [0.3, 0.4) is 0 Å². The first-order valence-corrected chi connectivity index (χ1v) is 10.4. The quantitative estimate of drug-likeness (QED) is 0.633. The van der Waals surface area contributed by atoms with E-state index in [1.165, 1.54) is 4.90 Å². The van der Waals surface area contributed by atoms with Crippen molar-refractivity contribution >= 4 is 29.0 Å². The molecule has 3 N–H and O–H groups in total. The summed E-state index contributed by atoms with van der Waals surface area (Å²) in [7, 11) is 0. The zero-order chi connectivity index (χ0) is 19.4. The highest BCUT2D eigenvalue weighted by atomic mass is 32.1. The highest BCUT2D eigenvalue weighted by molar-refractivity contribution is 7.71. The van der Waals surface area contributed by atoms with E-state index in [9.17, 15) is 9.59 Å². The predicted molar refractivity (Wildman–Crippen MR) is 110 cm³/mol. The molecule has 0 saturated heterocycles.